The highest BCUT2D eigenvalue weighted by Crippen LogP contribution is 2.55. The van der Waals surface area contributed by atoms with Gasteiger partial charge in [0.15, 0.2) is 0 Å². The Labute approximate surface area is 171 Å². The summed E-state index contributed by atoms with van der Waals surface area (Å²) in [5, 5.41) is 6.90. The quantitative estimate of drug-likeness (QED) is 0.614. The van der Waals surface area contributed by atoms with E-state index in [4.69, 9.17) is 5.73 Å². The largest absolute Gasteiger partial charge is 0.378 e. The zero-order chi connectivity index (χ0) is 21.2. The van der Waals surface area contributed by atoms with Gasteiger partial charge in [-0.15, -0.1) is 5.10 Å². The highest BCUT2D eigenvalue weighted by atomic mass is 16.2. The van der Waals surface area contributed by atoms with Gasteiger partial charge in [0.05, 0.1) is 11.1 Å². The maximum Gasteiger partial charge on any atom is 0.349 e. The molecule has 1 aromatic heterocycles. The molecule has 0 bridgehead atoms. The number of nitrogens with zero attached hydrogens (tertiary/aromatic N) is 2. The molecule has 2 aromatic carbocycles. The predicted octanol–water partition coefficient (Wildman–Crippen LogP) is 1.69. The molecule has 0 unspecified atom stereocenters. The number of hydrogen-bond acceptors (Lipinski definition) is 5. The first-order chi connectivity index (χ1) is 14.3. The van der Waals surface area contributed by atoms with Gasteiger partial charge in [0.2, 0.25) is 11.7 Å². The Morgan fingerprint density at radius 1 is 1.10 bits per heavy atom. The summed E-state index contributed by atoms with van der Waals surface area (Å²) in [7, 11) is 0. The lowest BCUT2D eigenvalue weighted by Crippen LogP contribution is -2.33. The van der Waals surface area contributed by atoms with E-state index >= 15 is 0 Å². The maximum atomic E-state index is 12.3. The molecule has 1 aliphatic heterocycles. The van der Waals surface area contributed by atoms with Gasteiger partial charge in [-0.25, -0.2) is 4.79 Å². The first kappa shape index (κ1) is 18.4. The molecular formula is C22H21N5O3. The molecular weight excluding hydrogens is 382 g/mol. The van der Waals surface area contributed by atoms with Crippen LogP contribution in [-0.2, 0) is 16.6 Å². The molecule has 1 saturated carbocycles. The van der Waals surface area contributed by atoms with Crippen LogP contribution in [0.2, 0.25) is 0 Å². The van der Waals surface area contributed by atoms with Crippen molar-refractivity contribution in [3.8, 4) is 5.69 Å². The van der Waals surface area contributed by atoms with Gasteiger partial charge in [-0.2, -0.15) is 4.68 Å². The summed E-state index contributed by atoms with van der Waals surface area (Å²) < 4.78 is 1.10. The van der Waals surface area contributed by atoms with Crippen molar-refractivity contribution in [2.24, 2.45) is 0 Å². The second-order valence-electron chi connectivity index (χ2n) is 8.21. The Balaban J connectivity index is 1.51. The second kappa shape index (κ2) is 6.16. The van der Waals surface area contributed by atoms with Crippen LogP contribution in [-0.4, -0.2) is 20.7 Å². The van der Waals surface area contributed by atoms with Gasteiger partial charge in [-0.1, -0.05) is 12.1 Å². The van der Waals surface area contributed by atoms with E-state index in [2.05, 4.69) is 21.5 Å². The maximum absolute atomic E-state index is 12.3. The molecule has 3 aromatic rings. The highest BCUT2D eigenvalue weighted by Gasteiger charge is 2.56. The third-order valence-corrected chi connectivity index (χ3v) is 6.19. The Kier molecular flexibility index (Phi) is 3.77. The summed E-state index contributed by atoms with van der Waals surface area (Å²) in [5.74, 6) is -0.145. The number of carbonyl (C=O) groups is 1. The molecule has 0 atom stereocenters. The third kappa shape index (κ3) is 2.67. The standard InChI is InChI=1S/C22H21N5O3/c1-11-7-14(27-21(30)25-19(28)18(23)26-27)8-12(2)15(11)9-13-3-4-17-16(10-13)22(5-6-22)20(29)24-17/h3-4,7-8,10H,5-6,9H2,1-2H3,(H2,23,26)(H,24,29)(H,25,28,30). The van der Waals surface area contributed by atoms with Crippen molar-refractivity contribution in [2.45, 2.75) is 38.5 Å². The predicted molar refractivity (Wildman–Crippen MR) is 113 cm³/mol. The SMILES string of the molecule is Cc1cc(-n2nc(N)c(=O)[nH]c2=O)cc(C)c1Cc1ccc2c(c1)C1(CC1)C(=O)N2. The van der Waals surface area contributed by atoms with Crippen molar-refractivity contribution < 1.29 is 4.79 Å². The van der Waals surface area contributed by atoms with E-state index in [9.17, 15) is 14.4 Å². The molecule has 8 heteroatoms. The van der Waals surface area contributed by atoms with E-state index in [-0.39, 0.29) is 17.1 Å². The molecule has 1 spiro atoms. The minimum Gasteiger partial charge on any atom is -0.378 e. The van der Waals surface area contributed by atoms with Crippen LogP contribution in [0.5, 0.6) is 0 Å². The monoisotopic (exact) mass is 403 g/mol. The van der Waals surface area contributed by atoms with Crippen LogP contribution in [0.15, 0.2) is 39.9 Å². The first-order valence-electron chi connectivity index (χ1n) is 9.83. The summed E-state index contributed by atoms with van der Waals surface area (Å²) in [6.45, 7) is 3.96. The molecule has 2 aliphatic rings. The first-order valence-corrected chi connectivity index (χ1v) is 9.83. The number of nitrogens with one attached hydrogen (secondary N) is 2. The van der Waals surface area contributed by atoms with Crippen LogP contribution in [0.4, 0.5) is 11.5 Å². The number of carbonyl (C=O) groups excluding carboxylic acids is 1. The van der Waals surface area contributed by atoms with Crippen LogP contribution in [0, 0.1) is 13.8 Å². The number of rotatable bonds is 3. The number of benzene rings is 2. The summed E-state index contributed by atoms with van der Waals surface area (Å²) in [6.07, 6.45) is 2.53. The van der Waals surface area contributed by atoms with E-state index in [0.717, 1.165) is 51.0 Å². The van der Waals surface area contributed by atoms with Crippen molar-refractivity contribution in [3.63, 3.8) is 0 Å². The number of aryl methyl sites for hydroxylation is 2. The number of hydrogen-bond donors (Lipinski definition) is 3. The van der Waals surface area contributed by atoms with Gasteiger partial charge in [0, 0.05) is 5.69 Å². The third-order valence-electron chi connectivity index (χ3n) is 6.19. The fourth-order valence-corrected chi connectivity index (χ4v) is 4.36. The zero-order valence-electron chi connectivity index (χ0n) is 16.7. The fraction of sp³-hybridized carbons (Fsp3) is 0.273. The average molecular weight is 403 g/mol. The van der Waals surface area contributed by atoms with Crippen molar-refractivity contribution in [1.29, 1.82) is 0 Å². The normalized spacial score (nSPS) is 15.9. The molecule has 152 valence electrons. The van der Waals surface area contributed by atoms with E-state index in [1.165, 1.54) is 0 Å². The number of fused-ring (bicyclic) bond motifs is 2. The van der Waals surface area contributed by atoms with Crippen LogP contribution >= 0.6 is 0 Å². The minimum absolute atomic E-state index is 0.115. The number of nitrogen functional groups attached to an aromatic ring is 1. The zero-order valence-corrected chi connectivity index (χ0v) is 16.7. The Bertz CT molecular complexity index is 1320. The van der Waals surface area contributed by atoms with Crippen LogP contribution in [0.25, 0.3) is 5.69 Å². The molecule has 0 saturated heterocycles. The molecule has 8 nitrogen and oxygen atoms in total. The van der Waals surface area contributed by atoms with Crippen molar-refractivity contribution in [2.75, 3.05) is 11.1 Å². The fourth-order valence-electron chi connectivity index (χ4n) is 4.36. The van der Waals surface area contributed by atoms with Crippen molar-refractivity contribution in [1.82, 2.24) is 14.8 Å². The van der Waals surface area contributed by atoms with Gasteiger partial charge in [-0.05, 0) is 79.1 Å². The molecule has 1 amide bonds. The van der Waals surface area contributed by atoms with Gasteiger partial charge < -0.3 is 11.1 Å². The Morgan fingerprint density at radius 2 is 1.80 bits per heavy atom. The Morgan fingerprint density at radius 3 is 2.47 bits per heavy atom. The molecule has 5 rings (SSSR count). The van der Waals surface area contributed by atoms with E-state index in [1.807, 2.05) is 38.1 Å². The van der Waals surface area contributed by atoms with E-state index in [1.54, 1.807) is 0 Å². The number of amides is 1. The minimum atomic E-state index is -0.695. The molecule has 0 radical (unpaired) electrons. The smallest absolute Gasteiger partial charge is 0.349 e. The number of H-pyrrole nitrogens is 1. The molecule has 4 N–H and O–H groups in total. The highest BCUT2D eigenvalue weighted by molar-refractivity contribution is 6.08. The molecule has 1 fully saturated rings. The lowest BCUT2D eigenvalue weighted by Gasteiger charge is -2.14. The average Bonchev–Trinajstić information content (AvgIpc) is 3.45. The topological polar surface area (TPSA) is 123 Å². The number of aromatic nitrogens is 3. The van der Waals surface area contributed by atoms with E-state index in [0.29, 0.717) is 12.1 Å². The number of nitrogens with two attached hydrogens (primary N) is 1. The molecule has 1 aliphatic carbocycles. The lowest BCUT2D eigenvalue weighted by atomic mass is 9.91. The van der Waals surface area contributed by atoms with Gasteiger partial charge >= 0.3 is 5.69 Å². The number of anilines is 2. The van der Waals surface area contributed by atoms with Crippen molar-refractivity contribution in [3.05, 3.63) is 79.0 Å². The summed E-state index contributed by atoms with van der Waals surface area (Å²) in [4.78, 5) is 38.1. The van der Waals surface area contributed by atoms with Gasteiger partial charge in [-0.3, -0.25) is 14.6 Å². The molecule has 2 heterocycles. The second-order valence-corrected chi connectivity index (χ2v) is 8.21. The summed E-state index contributed by atoms with van der Waals surface area (Å²) >= 11 is 0. The van der Waals surface area contributed by atoms with Crippen molar-refractivity contribution >= 4 is 17.4 Å². The Hall–Kier alpha value is -3.68. The molecule has 30 heavy (non-hydrogen) atoms. The van der Waals surface area contributed by atoms with E-state index < -0.39 is 11.2 Å². The van der Waals surface area contributed by atoms with Crippen LogP contribution in [0.1, 0.15) is 40.7 Å². The number of aromatic amines is 1. The summed E-state index contributed by atoms with van der Waals surface area (Å²) in [5.41, 5.74) is 10.8. The van der Waals surface area contributed by atoms with Crippen LogP contribution < -0.4 is 22.3 Å². The van der Waals surface area contributed by atoms with Gasteiger partial charge in [0.25, 0.3) is 5.56 Å². The lowest BCUT2D eigenvalue weighted by molar-refractivity contribution is -0.117. The summed E-state index contributed by atoms with van der Waals surface area (Å²) in [6, 6.07) is 9.88. The van der Waals surface area contributed by atoms with Gasteiger partial charge in [0.1, 0.15) is 0 Å². The van der Waals surface area contributed by atoms with Crippen LogP contribution in [0.3, 0.4) is 0 Å².